The molecule has 3 aromatic rings. The summed E-state index contributed by atoms with van der Waals surface area (Å²) in [7, 11) is 0. The second-order valence-corrected chi connectivity index (χ2v) is 6.79. The molecule has 6 nitrogen and oxygen atoms in total. The zero-order chi connectivity index (χ0) is 18.5. The number of piperazine rings is 1. The number of anilines is 3. The zero-order valence-corrected chi connectivity index (χ0v) is 15.5. The second-order valence-electron chi connectivity index (χ2n) is 6.79. The van der Waals surface area contributed by atoms with Gasteiger partial charge in [0, 0.05) is 38.4 Å². The largest absolute Gasteiger partial charge is 0.368 e. The number of aryl methyl sites for hydroxylation is 1. The van der Waals surface area contributed by atoms with E-state index in [1.54, 1.807) is 6.20 Å². The van der Waals surface area contributed by atoms with Crippen molar-refractivity contribution in [1.29, 1.82) is 0 Å². The normalized spacial score (nSPS) is 14.3. The molecule has 1 aliphatic rings. The lowest BCUT2D eigenvalue weighted by Gasteiger charge is -2.36. The summed E-state index contributed by atoms with van der Waals surface area (Å²) >= 11 is 0. The summed E-state index contributed by atoms with van der Waals surface area (Å²) < 4.78 is 0. The fourth-order valence-corrected chi connectivity index (χ4v) is 3.24. The van der Waals surface area contributed by atoms with E-state index in [0.717, 1.165) is 32.0 Å². The molecule has 6 heteroatoms. The summed E-state index contributed by atoms with van der Waals surface area (Å²) in [5.74, 6) is 1.45. The van der Waals surface area contributed by atoms with Gasteiger partial charge in [0.05, 0.1) is 6.20 Å². The Morgan fingerprint density at radius 1 is 0.889 bits per heavy atom. The molecule has 1 aliphatic heterocycles. The Hall–Kier alpha value is -3.15. The number of hydrogen-bond acceptors (Lipinski definition) is 6. The number of nitrogens with one attached hydrogen (secondary N) is 1. The highest BCUT2D eigenvalue weighted by molar-refractivity contribution is 5.49. The molecular formula is C21H24N6. The van der Waals surface area contributed by atoms with Crippen molar-refractivity contribution >= 4 is 17.5 Å². The SMILES string of the molecule is Cc1ccc(CNc2nncc(N3CCN(c4ccccc4)CC3)n2)cc1. The molecule has 1 saturated heterocycles. The van der Waals surface area contributed by atoms with Crippen molar-refractivity contribution < 1.29 is 0 Å². The predicted octanol–water partition coefficient (Wildman–Crippen LogP) is 3.12. The van der Waals surface area contributed by atoms with Gasteiger partial charge in [0.15, 0.2) is 5.82 Å². The Labute approximate surface area is 159 Å². The van der Waals surface area contributed by atoms with Crippen LogP contribution in [0.4, 0.5) is 17.5 Å². The highest BCUT2D eigenvalue weighted by Crippen LogP contribution is 2.19. The third-order valence-electron chi connectivity index (χ3n) is 4.84. The van der Waals surface area contributed by atoms with E-state index in [4.69, 9.17) is 0 Å². The van der Waals surface area contributed by atoms with Gasteiger partial charge in [-0.1, -0.05) is 48.0 Å². The highest BCUT2D eigenvalue weighted by Gasteiger charge is 2.19. The number of aromatic nitrogens is 3. The molecule has 1 aromatic heterocycles. The maximum absolute atomic E-state index is 4.65. The summed E-state index contributed by atoms with van der Waals surface area (Å²) in [5, 5.41) is 11.5. The lowest BCUT2D eigenvalue weighted by atomic mass is 10.1. The number of hydrogen-bond donors (Lipinski definition) is 1. The molecule has 0 atom stereocenters. The van der Waals surface area contributed by atoms with Crippen molar-refractivity contribution in [2.24, 2.45) is 0 Å². The molecule has 1 fully saturated rings. The maximum atomic E-state index is 4.65. The third-order valence-corrected chi connectivity index (χ3v) is 4.84. The van der Waals surface area contributed by atoms with Gasteiger partial charge < -0.3 is 15.1 Å². The van der Waals surface area contributed by atoms with E-state index in [2.05, 4.69) is 91.8 Å². The van der Waals surface area contributed by atoms with Crippen LogP contribution in [0, 0.1) is 6.92 Å². The lowest BCUT2D eigenvalue weighted by Crippen LogP contribution is -2.46. The minimum absolute atomic E-state index is 0.568. The molecule has 4 rings (SSSR count). The quantitative estimate of drug-likeness (QED) is 0.754. The van der Waals surface area contributed by atoms with E-state index in [1.165, 1.54) is 16.8 Å². The minimum atomic E-state index is 0.568. The summed E-state index contributed by atoms with van der Waals surface area (Å²) in [5.41, 5.74) is 3.73. The molecule has 0 bridgehead atoms. The van der Waals surface area contributed by atoms with E-state index in [-0.39, 0.29) is 0 Å². The Morgan fingerprint density at radius 3 is 2.33 bits per heavy atom. The van der Waals surface area contributed by atoms with E-state index < -0.39 is 0 Å². The smallest absolute Gasteiger partial charge is 0.244 e. The van der Waals surface area contributed by atoms with Gasteiger partial charge >= 0.3 is 0 Å². The topological polar surface area (TPSA) is 57.2 Å². The van der Waals surface area contributed by atoms with Crippen molar-refractivity contribution in [1.82, 2.24) is 15.2 Å². The average Bonchev–Trinajstić information content (AvgIpc) is 2.74. The Morgan fingerprint density at radius 2 is 1.59 bits per heavy atom. The van der Waals surface area contributed by atoms with Crippen molar-refractivity contribution in [3.8, 4) is 0 Å². The van der Waals surface area contributed by atoms with Gasteiger partial charge in [-0.3, -0.25) is 0 Å². The van der Waals surface area contributed by atoms with E-state index in [1.807, 2.05) is 0 Å². The number of para-hydroxylation sites is 1. The van der Waals surface area contributed by atoms with Gasteiger partial charge in [-0.25, -0.2) is 0 Å². The van der Waals surface area contributed by atoms with Crippen LogP contribution in [-0.4, -0.2) is 41.4 Å². The molecular weight excluding hydrogens is 336 g/mol. The van der Waals surface area contributed by atoms with Crippen molar-refractivity contribution in [2.45, 2.75) is 13.5 Å². The van der Waals surface area contributed by atoms with Gasteiger partial charge in [0.2, 0.25) is 5.95 Å². The van der Waals surface area contributed by atoms with Gasteiger partial charge in [-0.15, -0.1) is 5.10 Å². The summed E-state index contributed by atoms with van der Waals surface area (Å²) in [4.78, 5) is 9.32. The molecule has 0 saturated carbocycles. The Kier molecular flexibility index (Phi) is 5.14. The van der Waals surface area contributed by atoms with Crippen molar-refractivity contribution in [3.05, 3.63) is 71.9 Å². The van der Waals surface area contributed by atoms with Gasteiger partial charge in [0.25, 0.3) is 0 Å². The van der Waals surface area contributed by atoms with E-state index in [9.17, 15) is 0 Å². The molecule has 0 aliphatic carbocycles. The fourth-order valence-electron chi connectivity index (χ4n) is 3.24. The first-order valence-electron chi connectivity index (χ1n) is 9.32. The van der Waals surface area contributed by atoms with Crippen LogP contribution in [-0.2, 0) is 6.54 Å². The Bertz CT molecular complexity index is 857. The van der Waals surface area contributed by atoms with E-state index >= 15 is 0 Å². The van der Waals surface area contributed by atoms with Crippen LogP contribution in [0.5, 0.6) is 0 Å². The maximum Gasteiger partial charge on any atom is 0.244 e. The molecule has 2 aromatic carbocycles. The average molecular weight is 360 g/mol. The van der Waals surface area contributed by atoms with Crippen LogP contribution < -0.4 is 15.1 Å². The van der Waals surface area contributed by atoms with Crippen molar-refractivity contribution in [3.63, 3.8) is 0 Å². The van der Waals surface area contributed by atoms with Gasteiger partial charge in [-0.05, 0) is 24.6 Å². The van der Waals surface area contributed by atoms with E-state index in [0.29, 0.717) is 12.5 Å². The predicted molar refractivity (Wildman–Crippen MR) is 109 cm³/mol. The first-order valence-corrected chi connectivity index (χ1v) is 9.32. The second kappa shape index (κ2) is 8.03. The molecule has 27 heavy (non-hydrogen) atoms. The molecule has 0 amide bonds. The van der Waals surface area contributed by atoms with Crippen LogP contribution in [0.25, 0.3) is 0 Å². The number of nitrogens with zero attached hydrogens (tertiary/aromatic N) is 5. The zero-order valence-electron chi connectivity index (χ0n) is 15.5. The summed E-state index contributed by atoms with van der Waals surface area (Å²) in [6, 6.07) is 19.0. The molecule has 0 unspecified atom stereocenters. The molecule has 1 N–H and O–H groups in total. The van der Waals surface area contributed by atoms with Crippen LogP contribution in [0.1, 0.15) is 11.1 Å². The van der Waals surface area contributed by atoms with Crippen molar-refractivity contribution in [2.75, 3.05) is 41.3 Å². The number of benzene rings is 2. The number of rotatable bonds is 5. The third kappa shape index (κ3) is 4.34. The van der Waals surface area contributed by atoms with Crippen LogP contribution in [0.3, 0.4) is 0 Å². The molecule has 0 spiro atoms. The lowest BCUT2D eigenvalue weighted by molar-refractivity contribution is 0.644. The summed E-state index contributed by atoms with van der Waals surface area (Å²) in [6.45, 7) is 6.56. The molecule has 2 heterocycles. The first kappa shape index (κ1) is 17.3. The fraction of sp³-hybridized carbons (Fsp3) is 0.286. The summed E-state index contributed by atoms with van der Waals surface area (Å²) in [6.07, 6.45) is 1.75. The highest BCUT2D eigenvalue weighted by atomic mass is 15.3. The first-order chi connectivity index (χ1) is 13.3. The van der Waals surface area contributed by atoms with Crippen LogP contribution in [0.2, 0.25) is 0 Å². The molecule has 138 valence electrons. The van der Waals surface area contributed by atoms with Gasteiger partial charge in [-0.2, -0.15) is 10.1 Å². The van der Waals surface area contributed by atoms with Crippen LogP contribution >= 0.6 is 0 Å². The van der Waals surface area contributed by atoms with Crippen LogP contribution in [0.15, 0.2) is 60.8 Å². The molecule has 0 radical (unpaired) electrons. The standard InChI is InChI=1S/C21H24N6/c1-17-7-9-18(10-8-17)15-22-21-24-20(16-23-25-21)27-13-11-26(12-14-27)19-5-3-2-4-6-19/h2-10,16H,11-15H2,1H3,(H,22,24,25). The minimum Gasteiger partial charge on any atom is -0.368 e. The Balaban J connectivity index is 1.36. The monoisotopic (exact) mass is 360 g/mol. The van der Waals surface area contributed by atoms with Gasteiger partial charge in [0.1, 0.15) is 0 Å².